The van der Waals surface area contributed by atoms with E-state index in [-0.39, 0.29) is 32.0 Å². The van der Waals surface area contributed by atoms with Gasteiger partial charge in [0.15, 0.2) is 17.2 Å². The molecule has 2 nitrogen and oxygen atoms in total. The maximum atomic E-state index is 12.8. The fraction of sp³-hybridized carbons (Fsp3) is 0.130. The topological polar surface area (TPSA) is 34.1 Å². The van der Waals surface area contributed by atoms with Gasteiger partial charge < -0.3 is 0 Å². The number of carbonyl (C=O) groups excluding carboxylic acids is 2. The second kappa shape index (κ2) is 9.34. The molecule has 0 fully saturated rings. The summed E-state index contributed by atoms with van der Waals surface area (Å²) in [6.07, 6.45) is 0. The first kappa shape index (κ1) is 21.4. The largest absolute Gasteiger partial charge is 0.295 e. The number of carbonyl (C=O) groups is 2. The Bertz CT molecular complexity index is 785. The van der Waals surface area contributed by atoms with Gasteiger partial charge in [-0.05, 0) is 50.2 Å². The van der Waals surface area contributed by atoms with Crippen LogP contribution < -0.4 is 15.9 Å². The molecule has 27 heavy (non-hydrogen) atoms. The van der Waals surface area contributed by atoms with Crippen LogP contribution in [0.15, 0.2) is 91.0 Å². The van der Waals surface area contributed by atoms with Crippen molar-refractivity contribution in [1.29, 1.82) is 0 Å². The average molecular weight is 468 g/mol. The average Bonchev–Trinajstić information content (AvgIpc) is 2.67. The van der Waals surface area contributed by atoms with Crippen molar-refractivity contribution < 1.29 is 30.0 Å². The molecule has 3 rings (SSSR count). The Labute approximate surface area is 175 Å². The minimum Gasteiger partial charge on any atom is -0.295 e. The number of hydrogen-bond acceptors (Lipinski definition) is 2. The minimum atomic E-state index is -2.47. The normalized spacial score (nSPS) is 10.9. The number of hydrogen-bond donors (Lipinski definition) is 0. The molecule has 0 aliphatic heterocycles. The van der Waals surface area contributed by atoms with Crippen LogP contribution in [-0.2, 0) is 30.0 Å². The van der Waals surface area contributed by atoms with Crippen LogP contribution in [0, 0.1) is 0 Å². The molecule has 4 heteroatoms. The molecular weight excluding hydrogens is 446 g/mol. The van der Waals surface area contributed by atoms with Crippen LogP contribution in [0.3, 0.4) is 0 Å². The third kappa shape index (κ3) is 4.02. The third-order valence-corrected chi connectivity index (χ3v) is 9.49. The summed E-state index contributed by atoms with van der Waals surface area (Å²) < 4.78 is 0. The number of rotatable bonds is 6. The molecule has 3 aromatic carbocycles. The maximum absolute atomic E-state index is 12.8. The van der Waals surface area contributed by atoms with Gasteiger partial charge >= 0.3 is 0 Å². The molecule has 0 aliphatic carbocycles. The van der Waals surface area contributed by atoms with E-state index in [1.165, 1.54) is 13.8 Å². The molecular formula is C23H22O2PPd+. The van der Waals surface area contributed by atoms with Crippen molar-refractivity contribution in [1.82, 2.24) is 0 Å². The van der Waals surface area contributed by atoms with Crippen molar-refractivity contribution in [2.75, 3.05) is 0 Å². The minimum absolute atomic E-state index is 0. The van der Waals surface area contributed by atoms with Crippen LogP contribution in [0.4, 0.5) is 0 Å². The predicted molar refractivity (Wildman–Crippen MR) is 110 cm³/mol. The Hall–Kier alpha value is -1.91. The van der Waals surface area contributed by atoms with Crippen molar-refractivity contribution in [3.8, 4) is 0 Å². The molecule has 0 aliphatic rings. The van der Waals surface area contributed by atoms with E-state index in [4.69, 9.17) is 0 Å². The molecule has 0 aromatic heterocycles. The Morgan fingerprint density at radius 2 is 0.852 bits per heavy atom. The molecule has 0 amide bonds. The second-order valence-electron chi connectivity index (χ2n) is 6.35. The molecule has 3 aromatic rings. The smallest absolute Gasteiger partial charge is 0.198 e. The van der Waals surface area contributed by atoms with Gasteiger partial charge in [-0.3, -0.25) is 9.59 Å². The molecule has 0 unspecified atom stereocenters. The van der Waals surface area contributed by atoms with Crippen molar-refractivity contribution in [3.63, 3.8) is 0 Å². The molecule has 0 N–H and O–H groups in total. The van der Waals surface area contributed by atoms with Gasteiger partial charge in [0.1, 0.15) is 23.2 Å². The number of benzene rings is 3. The van der Waals surface area contributed by atoms with E-state index < -0.39 is 12.9 Å². The van der Waals surface area contributed by atoms with Crippen molar-refractivity contribution in [2.24, 2.45) is 0 Å². The molecule has 0 heterocycles. The Balaban J connectivity index is 0.00000261. The van der Waals surface area contributed by atoms with E-state index in [0.29, 0.717) is 0 Å². The molecule has 0 atom stereocenters. The van der Waals surface area contributed by atoms with Crippen LogP contribution in [0.5, 0.6) is 0 Å². The zero-order valence-corrected chi connectivity index (χ0v) is 17.8. The van der Waals surface area contributed by atoms with E-state index in [1.807, 2.05) is 91.0 Å². The van der Waals surface area contributed by atoms with Gasteiger partial charge in [0, 0.05) is 20.4 Å². The number of Topliss-reactive ketones (excluding diaryl/α,β-unsaturated/α-hetero) is 2. The summed E-state index contributed by atoms with van der Waals surface area (Å²) >= 11 is 0. The van der Waals surface area contributed by atoms with Crippen LogP contribution >= 0.6 is 7.26 Å². The summed E-state index contributed by atoms with van der Waals surface area (Å²) in [5.74, 6) is -0.162. The first-order valence-electron chi connectivity index (χ1n) is 8.65. The Morgan fingerprint density at radius 1 is 0.593 bits per heavy atom. The fourth-order valence-electron chi connectivity index (χ4n) is 3.72. The fourth-order valence-corrected chi connectivity index (χ4v) is 8.52. The third-order valence-electron chi connectivity index (χ3n) is 4.65. The van der Waals surface area contributed by atoms with Crippen LogP contribution in [-0.4, -0.2) is 17.2 Å². The predicted octanol–water partition coefficient (Wildman–Crippen LogP) is 3.52. The molecule has 0 saturated carbocycles. The number of ketones is 2. The van der Waals surface area contributed by atoms with E-state index in [1.54, 1.807) is 0 Å². The van der Waals surface area contributed by atoms with E-state index in [0.717, 1.165) is 15.9 Å². The van der Waals surface area contributed by atoms with Gasteiger partial charge in [0.25, 0.3) is 0 Å². The van der Waals surface area contributed by atoms with Crippen molar-refractivity contribution in [3.05, 3.63) is 91.0 Å². The first-order chi connectivity index (χ1) is 12.6. The van der Waals surface area contributed by atoms with Gasteiger partial charge in [-0.25, -0.2) is 0 Å². The molecule has 0 radical (unpaired) electrons. The van der Waals surface area contributed by atoms with Gasteiger partial charge in [-0.15, -0.1) is 0 Å². The summed E-state index contributed by atoms with van der Waals surface area (Å²) in [4.78, 5) is 25.5. The summed E-state index contributed by atoms with van der Waals surface area (Å²) in [5.41, 5.74) is -0.685. The van der Waals surface area contributed by atoms with Crippen molar-refractivity contribution >= 4 is 34.7 Å². The van der Waals surface area contributed by atoms with E-state index in [9.17, 15) is 9.59 Å². The summed E-state index contributed by atoms with van der Waals surface area (Å²) in [6, 6.07) is 30.1. The van der Waals surface area contributed by atoms with E-state index in [2.05, 4.69) is 0 Å². The Kier molecular flexibility index (Phi) is 7.40. The molecule has 0 saturated heterocycles. The standard InChI is InChI=1S/C23H22O2P.Pd/c1-18(24)23(19(2)25)26(20-12-6-3-7-13-20,21-14-8-4-9-15-21)22-16-10-5-11-17-22;/h3-17,23H,1-2H3;/q+1;. The molecule has 0 spiro atoms. The maximum Gasteiger partial charge on any atom is 0.198 e. The van der Waals surface area contributed by atoms with Gasteiger partial charge in [0.05, 0.1) is 0 Å². The second-order valence-corrected chi connectivity index (χ2v) is 9.86. The van der Waals surface area contributed by atoms with Crippen molar-refractivity contribution in [2.45, 2.75) is 19.5 Å². The monoisotopic (exact) mass is 467 g/mol. The van der Waals surface area contributed by atoms with Gasteiger partial charge in [-0.1, -0.05) is 54.6 Å². The summed E-state index contributed by atoms with van der Waals surface area (Å²) in [7, 11) is -2.47. The summed E-state index contributed by atoms with van der Waals surface area (Å²) in [6.45, 7) is 3.07. The zero-order valence-electron chi connectivity index (χ0n) is 15.3. The molecule has 140 valence electrons. The van der Waals surface area contributed by atoms with Crippen LogP contribution in [0.1, 0.15) is 13.8 Å². The zero-order chi connectivity index (χ0) is 18.6. The van der Waals surface area contributed by atoms with Crippen LogP contribution in [0.25, 0.3) is 0 Å². The van der Waals surface area contributed by atoms with E-state index >= 15 is 0 Å². The Morgan fingerprint density at radius 3 is 1.07 bits per heavy atom. The van der Waals surface area contributed by atoms with Crippen LogP contribution in [0.2, 0.25) is 0 Å². The first-order valence-corrected chi connectivity index (χ1v) is 10.5. The SMILES string of the molecule is CC(=O)C(C(C)=O)[P+](c1ccccc1)(c1ccccc1)c1ccccc1.[Pd]. The van der Waals surface area contributed by atoms with Gasteiger partial charge in [-0.2, -0.15) is 0 Å². The quantitative estimate of drug-likeness (QED) is 0.316. The van der Waals surface area contributed by atoms with Gasteiger partial charge in [0.2, 0.25) is 0 Å². The molecule has 0 bridgehead atoms. The summed E-state index contributed by atoms with van der Waals surface area (Å²) in [5, 5.41) is 3.15.